The molecule has 6 heavy (non-hydrogen) atoms. The predicted octanol–water partition coefficient (Wildman–Crippen LogP) is -3.15. The van der Waals surface area contributed by atoms with E-state index in [0.29, 0.717) is 0 Å². The van der Waals surface area contributed by atoms with Gasteiger partial charge in [-0.25, -0.2) is 4.79 Å². The largest absolute Gasteiger partial charge is 4.00 e. The summed E-state index contributed by atoms with van der Waals surface area (Å²) in [5.41, 5.74) is 0. The van der Waals surface area contributed by atoms with Gasteiger partial charge in [-0.15, -0.1) is 0 Å². The first-order valence-corrected chi connectivity index (χ1v) is 0.651. The van der Waals surface area contributed by atoms with E-state index in [1.807, 2.05) is 0 Å². The number of rotatable bonds is 0. The maximum Gasteiger partial charge on any atom is 4.00 e. The van der Waals surface area contributed by atoms with Crippen LogP contribution in [0.2, 0.25) is 0 Å². The molecule has 0 aliphatic rings. The van der Waals surface area contributed by atoms with Crippen LogP contribution in [0.3, 0.4) is 0 Å². The van der Waals surface area contributed by atoms with Gasteiger partial charge in [0, 0.05) is 0 Å². The fourth-order valence-electron chi connectivity index (χ4n) is 0. The second-order valence-electron chi connectivity index (χ2n) is 0.283. The SMILES string of the molecule is O=C(O)O.[Li+].[Si+4]. The molecule has 2 N–H and O–H groups in total. The van der Waals surface area contributed by atoms with Crippen molar-refractivity contribution in [3.63, 3.8) is 0 Å². The van der Waals surface area contributed by atoms with Gasteiger partial charge in [0.1, 0.15) is 0 Å². The van der Waals surface area contributed by atoms with E-state index in [4.69, 9.17) is 15.0 Å². The van der Waals surface area contributed by atoms with Crippen molar-refractivity contribution in [3.8, 4) is 0 Å². The van der Waals surface area contributed by atoms with Gasteiger partial charge >= 0.3 is 36.0 Å². The van der Waals surface area contributed by atoms with Gasteiger partial charge in [0.25, 0.3) is 0 Å². The Labute approximate surface area is 51.6 Å². The van der Waals surface area contributed by atoms with Crippen LogP contribution in [-0.2, 0) is 0 Å². The molecule has 0 radical (unpaired) electrons. The summed E-state index contributed by atoms with van der Waals surface area (Å²) >= 11 is 0. The van der Waals surface area contributed by atoms with Crippen molar-refractivity contribution in [1.29, 1.82) is 0 Å². The molecule has 0 aromatic rings. The van der Waals surface area contributed by atoms with Gasteiger partial charge in [0.05, 0.1) is 0 Å². The molecule has 3 nitrogen and oxygen atoms in total. The summed E-state index contributed by atoms with van der Waals surface area (Å²) in [6.07, 6.45) is -1.83. The zero-order chi connectivity index (χ0) is 3.58. The van der Waals surface area contributed by atoms with Crippen molar-refractivity contribution in [2.45, 2.75) is 0 Å². The minimum absolute atomic E-state index is 0. The van der Waals surface area contributed by atoms with Crippen molar-refractivity contribution in [2.24, 2.45) is 0 Å². The minimum atomic E-state index is -1.83. The Hall–Kier alpha value is 0.0843. The summed E-state index contributed by atoms with van der Waals surface area (Å²) in [5.74, 6) is 0. The molecule has 0 bridgehead atoms. The molecular weight excluding hydrogens is 95.0 g/mol. The van der Waals surface area contributed by atoms with E-state index in [1.165, 1.54) is 0 Å². The third-order valence-electron chi connectivity index (χ3n) is 0. The van der Waals surface area contributed by atoms with E-state index in [0.717, 1.165) is 0 Å². The Morgan fingerprint density at radius 1 is 1.33 bits per heavy atom. The average Bonchev–Trinajstić information content (AvgIpc) is 0.811. The van der Waals surface area contributed by atoms with Gasteiger partial charge < -0.3 is 10.2 Å². The average molecular weight is 97.1 g/mol. The molecule has 0 rings (SSSR count). The molecule has 24 valence electrons. The van der Waals surface area contributed by atoms with Crippen LogP contribution in [0.1, 0.15) is 0 Å². The Morgan fingerprint density at radius 2 is 1.33 bits per heavy atom. The number of hydrogen-bond donors (Lipinski definition) is 2. The van der Waals surface area contributed by atoms with Gasteiger partial charge in [-0.1, -0.05) is 0 Å². The molecule has 0 unspecified atom stereocenters. The standard InChI is InChI=1S/CH2O3.Li.Si/c2-1(3)4;;/h(H2,2,3,4);;/q;+1;+4. The molecule has 5 heteroatoms. The van der Waals surface area contributed by atoms with E-state index >= 15 is 0 Å². The zero-order valence-corrected chi connectivity index (χ0v) is 4.30. The summed E-state index contributed by atoms with van der Waals surface area (Å²) in [7, 11) is 0. The van der Waals surface area contributed by atoms with Crippen LogP contribution >= 0.6 is 0 Å². The zero-order valence-electron chi connectivity index (χ0n) is 3.30. The fraction of sp³-hybridized carbons (Fsp3) is 0. The van der Waals surface area contributed by atoms with Gasteiger partial charge in [0.15, 0.2) is 0 Å². The Morgan fingerprint density at radius 3 is 1.33 bits per heavy atom. The van der Waals surface area contributed by atoms with Crippen LogP contribution in [0.4, 0.5) is 4.79 Å². The maximum absolute atomic E-state index is 8.56. The van der Waals surface area contributed by atoms with Crippen LogP contribution < -0.4 is 18.9 Å². The molecule has 0 aromatic heterocycles. The van der Waals surface area contributed by atoms with Crippen molar-refractivity contribution in [2.75, 3.05) is 0 Å². The fourth-order valence-corrected chi connectivity index (χ4v) is 0. The molecule has 0 aromatic carbocycles. The Balaban J connectivity index is -0.0000000450. The molecule has 0 atom stereocenters. The molecular formula is CH2LiO3Si+5. The molecule has 0 aliphatic heterocycles. The number of carboxylic acid groups (broad SMARTS) is 2. The van der Waals surface area contributed by atoms with Crippen LogP contribution in [0, 0.1) is 0 Å². The number of hydrogen-bond acceptors (Lipinski definition) is 1. The van der Waals surface area contributed by atoms with Crippen LogP contribution in [0.25, 0.3) is 0 Å². The minimum Gasteiger partial charge on any atom is -0.450 e. The second-order valence-corrected chi connectivity index (χ2v) is 0.283. The van der Waals surface area contributed by atoms with E-state index in [-0.39, 0.29) is 29.8 Å². The molecule has 0 saturated heterocycles. The topological polar surface area (TPSA) is 57.5 Å². The van der Waals surface area contributed by atoms with Crippen LogP contribution in [0.15, 0.2) is 0 Å². The van der Waals surface area contributed by atoms with Gasteiger partial charge in [0.2, 0.25) is 0 Å². The normalized spacial score (nSPS) is 4.00. The van der Waals surface area contributed by atoms with Crippen molar-refractivity contribution < 1.29 is 33.9 Å². The summed E-state index contributed by atoms with van der Waals surface area (Å²) in [6, 6.07) is 0. The van der Waals surface area contributed by atoms with Crippen molar-refractivity contribution in [1.82, 2.24) is 0 Å². The van der Waals surface area contributed by atoms with Crippen LogP contribution in [0.5, 0.6) is 0 Å². The van der Waals surface area contributed by atoms with E-state index < -0.39 is 6.16 Å². The maximum atomic E-state index is 8.56. The van der Waals surface area contributed by atoms with E-state index in [9.17, 15) is 0 Å². The summed E-state index contributed by atoms with van der Waals surface area (Å²) in [5, 5.41) is 13.9. The summed E-state index contributed by atoms with van der Waals surface area (Å²) in [4.78, 5) is 8.56. The number of carbonyl (C=O) groups is 1. The second kappa shape index (κ2) is 8.92. The summed E-state index contributed by atoms with van der Waals surface area (Å²) < 4.78 is 0. The molecule has 0 heterocycles. The molecule has 0 saturated carbocycles. The molecule has 0 spiro atoms. The Kier molecular flexibility index (Phi) is 24.6. The monoisotopic (exact) mass is 97.0 g/mol. The van der Waals surface area contributed by atoms with Crippen LogP contribution in [-0.4, -0.2) is 27.3 Å². The van der Waals surface area contributed by atoms with E-state index in [2.05, 4.69) is 0 Å². The van der Waals surface area contributed by atoms with Gasteiger partial charge in [-0.05, 0) is 0 Å². The van der Waals surface area contributed by atoms with Crippen molar-refractivity contribution >= 4 is 17.1 Å². The van der Waals surface area contributed by atoms with Gasteiger partial charge in [-0.2, -0.15) is 0 Å². The molecule has 0 aliphatic carbocycles. The first-order valence-electron chi connectivity index (χ1n) is 0.651. The third-order valence-corrected chi connectivity index (χ3v) is 0. The smallest absolute Gasteiger partial charge is 0.450 e. The first-order chi connectivity index (χ1) is 1.73. The van der Waals surface area contributed by atoms with E-state index in [1.54, 1.807) is 0 Å². The molecule has 0 fully saturated rings. The Bertz CT molecular complexity index is 33.8. The third kappa shape index (κ3) is 5470. The van der Waals surface area contributed by atoms with Crippen molar-refractivity contribution in [3.05, 3.63) is 0 Å². The quantitative estimate of drug-likeness (QED) is 0.314. The molecule has 0 amide bonds. The predicted molar refractivity (Wildman–Crippen MR) is 16.4 cm³/mol. The first kappa shape index (κ1) is 16.5. The summed E-state index contributed by atoms with van der Waals surface area (Å²) in [6.45, 7) is 0. The van der Waals surface area contributed by atoms with Gasteiger partial charge in [-0.3, -0.25) is 0 Å².